The fourth-order valence-electron chi connectivity index (χ4n) is 3.72. The van der Waals surface area contributed by atoms with Crippen LogP contribution in [0.15, 0.2) is 48.5 Å². The fraction of sp³-hybridized carbons (Fsp3) is 0.350. The Balaban J connectivity index is 1.74. The summed E-state index contributed by atoms with van der Waals surface area (Å²) in [6.45, 7) is 6.32. The van der Waals surface area contributed by atoms with Crippen LogP contribution in [-0.2, 0) is 0 Å². The highest BCUT2D eigenvalue weighted by Gasteiger charge is 2.49. The Bertz CT molecular complexity index is 784. The van der Waals surface area contributed by atoms with E-state index in [1.165, 1.54) is 5.56 Å². The second-order valence-electron chi connectivity index (χ2n) is 7.10. The summed E-state index contributed by atoms with van der Waals surface area (Å²) in [4.78, 5) is 14.5. The zero-order valence-corrected chi connectivity index (χ0v) is 14.2. The first kappa shape index (κ1) is 15.1. The fourth-order valence-corrected chi connectivity index (χ4v) is 3.72. The lowest BCUT2D eigenvalue weighted by molar-refractivity contribution is 0.0379. The summed E-state index contributed by atoms with van der Waals surface area (Å²) in [5.41, 5.74) is 2.49. The van der Waals surface area contributed by atoms with Gasteiger partial charge in [-0.05, 0) is 36.6 Å². The molecule has 0 unspecified atom stereocenters. The zero-order valence-electron chi connectivity index (χ0n) is 14.2. The van der Waals surface area contributed by atoms with E-state index in [2.05, 4.69) is 31.3 Å². The van der Waals surface area contributed by atoms with Crippen LogP contribution in [0.3, 0.4) is 0 Å². The summed E-state index contributed by atoms with van der Waals surface area (Å²) in [6.07, 6.45) is 0.724. The maximum absolute atomic E-state index is 12.8. The van der Waals surface area contributed by atoms with Gasteiger partial charge in [0.15, 0.2) is 5.72 Å². The van der Waals surface area contributed by atoms with Gasteiger partial charge in [0.2, 0.25) is 0 Å². The lowest BCUT2D eigenvalue weighted by atomic mass is 9.90. The topological polar surface area (TPSA) is 41.6 Å². The largest absolute Gasteiger partial charge is 0.467 e. The Kier molecular flexibility index (Phi) is 3.30. The number of rotatable bonds is 2. The molecule has 2 heterocycles. The van der Waals surface area contributed by atoms with Crippen molar-refractivity contribution in [2.45, 2.75) is 44.9 Å². The molecule has 1 saturated heterocycles. The van der Waals surface area contributed by atoms with Gasteiger partial charge in [-0.3, -0.25) is 4.90 Å². The van der Waals surface area contributed by atoms with Gasteiger partial charge in [-0.1, -0.05) is 44.2 Å². The van der Waals surface area contributed by atoms with Gasteiger partial charge in [0.25, 0.3) is 0 Å². The minimum Gasteiger partial charge on any atom is -0.467 e. The highest BCUT2D eigenvalue weighted by Crippen LogP contribution is 2.45. The summed E-state index contributed by atoms with van der Waals surface area (Å²) in [5, 5.41) is 3.12. The van der Waals surface area contributed by atoms with Crippen LogP contribution in [0.2, 0.25) is 0 Å². The molecule has 2 amide bonds. The van der Waals surface area contributed by atoms with Gasteiger partial charge in [0, 0.05) is 17.7 Å². The molecule has 124 valence electrons. The molecule has 0 saturated carbocycles. The predicted molar refractivity (Wildman–Crippen MR) is 94.4 cm³/mol. The molecule has 4 heteroatoms. The first-order valence-electron chi connectivity index (χ1n) is 8.46. The number of carbonyl (C=O) groups is 1. The maximum atomic E-state index is 12.8. The third-order valence-corrected chi connectivity index (χ3v) is 5.00. The monoisotopic (exact) mass is 322 g/mol. The molecule has 2 aromatic carbocycles. The third kappa shape index (κ3) is 2.25. The minimum atomic E-state index is -0.680. The van der Waals surface area contributed by atoms with E-state index < -0.39 is 5.72 Å². The van der Waals surface area contributed by atoms with Crippen molar-refractivity contribution < 1.29 is 9.53 Å². The number of ether oxygens (including phenoxy) is 1. The summed E-state index contributed by atoms with van der Waals surface area (Å²) < 4.78 is 6.27. The number of benzene rings is 2. The van der Waals surface area contributed by atoms with Gasteiger partial charge in [-0.2, -0.15) is 0 Å². The summed E-state index contributed by atoms with van der Waals surface area (Å²) in [6, 6.07) is 16.0. The number of hydrogen-bond acceptors (Lipinski definition) is 2. The van der Waals surface area contributed by atoms with Crippen LogP contribution in [-0.4, -0.2) is 11.8 Å². The number of nitrogens with zero attached hydrogens (tertiary/aromatic N) is 1. The SMILES string of the molecule is CC(C)c1ccc(N2C(=O)N[C@H]3C[C@]2(C)Oc2ccccc23)cc1. The number of urea groups is 1. The van der Waals surface area contributed by atoms with Crippen molar-refractivity contribution >= 4 is 11.7 Å². The van der Waals surface area contributed by atoms with Crippen molar-refractivity contribution in [1.82, 2.24) is 5.32 Å². The molecule has 2 aliphatic heterocycles. The van der Waals surface area contributed by atoms with Crippen LogP contribution in [0.1, 0.15) is 50.3 Å². The van der Waals surface area contributed by atoms with Crippen molar-refractivity contribution in [2.24, 2.45) is 0 Å². The van der Waals surface area contributed by atoms with Crippen molar-refractivity contribution in [3.8, 4) is 5.75 Å². The Hall–Kier alpha value is -2.49. The highest BCUT2D eigenvalue weighted by molar-refractivity contribution is 5.94. The number of amides is 2. The second-order valence-corrected chi connectivity index (χ2v) is 7.10. The molecule has 0 radical (unpaired) electrons. The van der Waals surface area contributed by atoms with E-state index in [0.29, 0.717) is 5.92 Å². The Morgan fingerprint density at radius 1 is 1.17 bits per heavy atom. The lowest BCUT2D eigenvalue weighted by Crippen LogP contribution is -2.65. The Labute approximate surface area is 142 Å². The van der Waals surface area contributed by atoms with Crippen molar-refractivity contribution in [1.29, 1.82) is 0 Å². The standard InChI is InChI=1S/C20H22N2O2/c1-13(2)14-8-10-15(11-9-14)22-19(23)21-17-12-20(22,3)24-18-7-5-4-6-16(17)18/h4-11,13,17H,12H2,1-3H3,(H,21,23)/t17-,20-/m0/s1. The van der Waals surface area contributed by atoms with Gasteiger partial charge >= 0.3 is 6.03 Å². The number of para-hydroxylation sites is 1. The van der Waals surface area contributed by atoms with Crippen molar-refractivity contribution in [3.05, 3.63) is 59.7 Å². The van der Waals surface area contributed by atoms with Crippen LogP contribution < -0.4 is 15.0 Å². The first-order chi connectivity index (χ1) is 11.5. The molecule has 0 spiro atoms. The van der Waals surface area contributed by atoms with Gasteiger partial charge in [-0.15, -0.1) is 0 Å². The molecule has 1 fully saturated rings. The molecule has 2 aliphatic rings. The van der Waals surface area contributed by atoms with Crippen LogP contribution >= 0.6 is 0 Å². The normalized spacial score (nSPS) is 25.1. The van der Waals surface area contributed by atoms with Crippen LogP contribution in [0.5, 0.6) is 5.75 Å². The van der Waals surface area contributed by atoms with Gasteiger partial charge in [0.1, 0.15) is 5.75 Å². The molecular formula is C20H22N2O2. The van der Waals surface area contributed by atoms with E-state index in [1.54, 1.807) is 4.90 Å². The molecule has 2 bridgehead atoms. The quantitative estimate of drug-likeness (QED) is 0.879. The molecule has 1 N–H and O–H groups in total. The molecular weight excluding hydrogens is 300 g/mol. The average molecular weight is 322 g/mol. The van der Waals surface area contributed by atoms with Crippen LogP contribution in [0.25, 0.3) is 0 Å². The van der Waals surface area contributed by atoms with Crippen LogP contribution in [0.4, 0.5) is 10.5 Å². The van der Waals surface area contributed by atoms with Gasteiger partial charge in [0.05, 0.1) is 6.04 Å². The zero-order chi connectivity index (χ0) is 16.9. The van der Waals surface area contributed by atoms with E-state index in [0.717, 1.165) is 23.4 Å². The molecule has 2 aromatic rings. The molecule has 0 aromatic heterocycles. The Morgan fingerprint density at radius 3 is 2.58 bits per heavy atom. The number of anilines is 1. The Morgan fingerprint density at radius 2 is 1.88 bits per heavy atom. The number of hydrogen-bond donors (Lipinski definition) is 1. The van der Waals surface area contributed by atoms with E-state index in [1.807, 2.05) is 43.3 Å². The third-order valence-electron chi connectivity index (χ3n) is 5.00. The molecule has 24 heavy (non-hydrogen) atoms. The first-order valence-corrected chi connectivity index (χ1v) is 8.46. The van der Waals surface area contributed by atoms with Crippen LogP contribution in [0, 0.1) is 0 Å². The molecule has 4 rings (SSSR count). The highest BCUT2D eigenvalue weighted by atomic mass is 16.5. The smallest absolute Gasteiger partial charge is 0.325 e. The average Bonchev–Trinajstić information content (AvgIpc) is 2.54. The van der Waals surface area contributed by atoms with Gasteiger partial charge in [-0.25, -0.2) is 4.79 Å². The van der Waals surface area contributed by atoms with E-state index >= 15 is 0 Å². The molecule has 2 atom stereocenters. The molecule has 4 nitrogen and oxygen atoms in total. The second kappa shape index (κ2) is 5.26. The molecule has 0 aliphatic carbocycles. The van der Waals surface area contributed by atoms with Crippen molar-refractivity contribution in [2.75, 3.05) is 4.90 Å². The summed E-state index contributed by atoms with van der Waals surface area (Å²) >= 11 is 0. The lowest BCUT2D eigenvalue weighted by Gasteiger charge is -2.50. The van der Waals surface area contributed by atoms with Crippen molar-refractivity contribution in [3.63, 3.8) is 0 Å². The predicted octanol–water partition coefficient (Wildman–Crippen LogP) is 4.58. The van der Waals surface area contributed by atoms with Gasteiger partial charge < -0.3 is 10.1 Å². The van der Waals surface area contributed by atoms with E-state index in [-0.39, 0.29) is 12.1 Å². The van der Waals surface area contributed by atoms with E-state index in [9.17, 15) is 4.79 Å². The number of carbonyl (C=O) groups excluding carboxylic acids is 1. The minimum absolute atomic E-state index is 0.00126. The summed E-state index contributed by atoms with van der Waals surface area (Å²) in [7, 11) is 0. The maximum Gasteiger partial charge on any atom is 0.325 e. The number of fused-ring (bicyclic) bond motifs is 4. The summed E-state index contributed by atoms with van der Waals surface area (Å²) in [5.74, 6) is 1.31. The number of nitrogens with one attached hydrogen (secondary N) is 1. The van der Waals surface area contributed by atoms with E-state index in [4.69, 9.17) is 4.74 Å².